The van der Waals surface area contributed by atoms with Gasteiger partial charge in [0.15, 0.2) is 0 Å². The molecule has 0 aliphatic carbocycles. The molecule has 0 heterocycles. The van der Waals surface area contributed by atoms with Gasteiger partial charge in [-0.1, -0.05) is 13.3 Å². The van der Waals surface area contributed by atoms with Gasteiger partial charge >= 0.3 is 0 Å². The van der Waals surface area contributed by atoms with Gasteiger partial charge in [-0.15, -0.1) is 0 Å². The number of nitrogens with one attached hydrogen (secondary N) is 1. The number of benzene rings is 1. The zero-order valence-corrected chi connectivity index (χ0v) is 13.7. The minimum atomic E-state index is -4.04. The highest BCUT2D eigenvalue weighted by Crippen LogP contribution is 2.33. The molecular weight excluding hydrogens is 318 g/mol. The van der Waals surface area contributed by atoms with Crippen LogP contribution in [-0.2, 0) is 9.05 Å². The van der Waals surface area contributed by atoms with Crippen LogP contribution in [0, 0.1) is 0 Å². The summed E-state index contributed by atoms with van der Waals surface area (Å²) in [5.41, 5.74) is 0.0913. The van der Waals surface area contributed by atoms with Crippen LogP contribution in [0.2, 0.25) is 0 Å². The second-order valence-electron chi connectivity index (χ2n) is 4.25. The van der Waals surface area contributed by atoms with Crippen molar-refractivity contribution >= 4 is 25.6 Å². The number of carbonyl (C=O) groups is 1. The predicted octanol–water partition coefficient (Wildman–Crippen LogP) is 2.16. The molecule has 1 rings (SSSR count). The third-order valence-corrected chi connectivity index (χ3v) is 4.15. The number of hydrogen-bond acceptors (Lipinski definition) is 5. The van der Waals surface area contributed by atoms with E-state index >= 15 is 0 Å². The molecule has 0 aliphatic rings. The van der Waals surface area contributed by atoms with E-state index in [0.29, 0.717) is 6.54 Å². The van der Waals surface area contributed by atoms with Gasteiger partial charge in [0.05, 0.1) is 19.8 Å². The van der Waals surface area contributed by atoms with Crippen LogP contribution in [-0.4, -0.2) is 35.1 Å². The molecule has 0 unspecified atom stereocenters. The molecule has 8 heteroatoms. The number of ether oxygens (including phenoxy) is 2. The first-order valence-electron chi connectivity index (χ1n) is 6.34. The summed E-state index contributed by atoms with van der Waals surface area (Å²) in [5, 5.41) is 2.69. The van der Waals surface area contributed by atoms with Crippen LogP contribution in [0.25, 0.3) is 0 Å². The van der Waals surface area contributed by atoms with E-state index in [2.05, 4.69) is 5.32 Å². The zero-order valence-electron chi connectivity index (χ0n) is 12.1. The smallest absolute Gasteiger partial charge is 0.265 e. The number of methoxy groups -OCH3 is 2. The van der Waals surface area contributed by atoms with Crippen LogP contribution in [0.4, 0.5) is 0 Å². The molecule has 0 radical (unpaired) electrons. The first kappa shape index (κ1) is 17.6. The Bertz CT molecular complexity index is 615. The van der Waals surface area contributed by atoms with E-state index in [-0.39, 0.29) is 22.0 Å². The highest BCUT2D eigenvalue weighted by atomic mass is 35.7. The summed E-state index contributed by atoms with van der Waals surface area (Å²) in [5.74, 6) is -0.193. The van der Waals surface area contributed by atoms with Gasteiger partial charge in [-0.25, -0.2) is 8.42 Å². The SMILES string of the molecule is CCCCNC(=O)c1cc(S(=O)(=O)Cl)c(OC)cc1OC. The number of amides is 1. The van der Waals surface area contributed by atoms with E-state index in [9.17, 15) is 13.2 Å². The van der Waals surface area contributed by atoms with E-state index < -0.39 is 15.0 Å². The maximum absolute atomic E-state index is 12.1. The Balaban J connectivity index is 3.27. The van der Waals surface area contributed by atoms with E-state index in [0.717, 1.165) is 18.9 Å². The average Bonchev–Trinajstić information content (AvgIpc) is 2.44. The zero-order chi connectivity index (χ0) is 16.0. The van der Waals surface area contributed by atoms with Crippen molar-refractivity contribution in [3.8, 4) is 11.5 Å². The Morgan fingerprint density at radius 1 is 1.24 bits per heavy atom. The van der Waals surface area contributed by atoms with Gasteiger partial charge < -0.3 is 14.8 Å². The molecule has 0 fully saturated rings. The molecule has 1 N–H and O–H groups in total. The van der Waals surface area contributed by atoms with Crippen LogP contribution >= 0.6 is 10.7 Å². The summed E-state index contributed by atoms with van der Waals surface area (Å²) in [7, 11) is 4.01. The van der Waals surface area contributed by atoms with Crippen LogP contribution in [0.3, 0.4) is 0 Å². The lowest BCUT2D eigenvalue weighted by Gasteiger charge is -2.13. The van der Waals surface area contributed by atoms with E-state index in [1.165, 1.54) is 20.3 Å². The summed E-state index contributed by atoms with van der Waals surface area (Å²) in [4.78, 5) is 11.8. The molecule has 118 valence electrons. The molecular formula is C13H18ClNO5S. The number of unbranched alkanes of at least 4 members (excludes halogenated alkanes) is 1. The summed E-state index contributed by atoms with van der Waals surface area (Å²) < 4.78 is 33.2. The van der Waals surface area contributed by atoms with Crippen LogP contribution in [0.5, 0.6) is 11.5 Å². The molecule has 1 amide bonds. The first-order chi connectivity index (χ1) is 9.85. The molecule has 6 nitrogen and oxygen atoms in total. The van der Waals surface area contributed by atoms with Crippen molar-refractivity contribution in [3.05, 3.63) is 17.7 Å². The second kappa shape index (κ2) is 7.51. The van der Waals surface area contributed by atoms with Crippen LogP contribution in [0.1, 0.15) is 30.1 Å². The molecule has 1 aromatic carbocycles. The molecule has 0 bridgehead atoms. The second-order valence-corrected chi connectivity index (χ2v) is 6.79. The fraction of sp³-hybridized carbons (Fsp3) is 0.462. The van der Waals surface area contributed by atoms with Crippen molar-refractivity contribution in [3.63, 3.8) is 0 Å². The van der Waals surface area contributed by atoms with Crippen LogP contribution in [0.15, 0.2) is 17.0 Å². The molecule has 0 spiro atoms. The Labute approximate surface area is 128 Å². The van der Waals surface area contributed by atoms with Crippen molar-refractivity contribution in [2.75, 3.05) is 20.8 Å². The molecule has 0 aromatic heterocycles. The molecule has 21 heavy (non-hydrogen) atoms. The van der Waals surface area contributed by atoms with Gasteiger partial charge in [0.2, 0.25) is 0 Å². The van der Waals surface area contributed by atoms with Crippen molar-refractivity contribution in [1.29, 1.82) is 0 Å². The van der Waals surface area contributed by atoms with E-state index in [1.54, 1.807) is 0 Å². The average molecular weight is 336 g/mol. The quantitative estimate of drug-likeness (QED) is 0.610. The predicted molar refractivity (Wildman–Crippen MR) is 79.8 cm³/mol. The highest BCUT2D eigenvalue weighted by molar-refractivity contribution is 8.13. The maximum Gasteiger partial charge on any atom is 0.265 e. The van der Waals surface area contributed by atoms with Gasteiger partial charge in [-0.3, -0.25) is 4.79 Å². The standard InChI is InChI=1S/C13H18ClNO5S/c1-4-5-6-15-13(16)9-7-12(21(14,17)18)11(20-3)8-10(9)19-2/h7-8H,4-6H2,1-3H3,(H,15,16). The van der Waals surface area contributed by atoms with Crippen molar-refractivity contribution in [1.82, 2.24) is 5.32 Å². The fourth-order valence-electron chi connectivity index (χ4n) is 1.71. The number of carbonyl (C=O) groups excluding carboxylic acids is 1. The maximum atomic E-state index is 12.1. The van der Waals surface area contributed by atoms with Crippen molar-refractivity contribution in [2.24, 2.45) is 0 Å². The summed E-state index contributed by atoms with van der Waals surface area (Å²) in [6.45, 7) is 2.49. The normalized spacial score (nSPS) is 11.0. The molecule has 1 aromatic rings. The number of halogens is 1. The summed E-state index contributed by atoms with van der Waals surface area (Å²) >= 11 is 0. The van der Waals surface area contributed by atoms with E-state index in [1.807, 2.05) is 6.92 Å². The highest BCUT2D eigenvalue weighted by Gasteiger charge is 2.23. The van der Waals surface area contributed by atoms with Gasteiger partial charge in [0, 0.05) is 23.3 Å². The lowest BCUT2D eigenvalue weighted by molar-refractivity contribution is 0.0950. The molecule has 0 atom stereocenters. The van der Waals surface area contributed by atoms with Gasteiger partial charge in [0.25, 0.3) is 15.0 Å². The van der Waals surface area contributed by atoms with Crippen LogP contribution < -0.4 is 14.8 Å². The largest absolute Gasteiger partial charge is 0.496 e. The first-order valence-corrected chi connectivity index (χ1v) is 8.65. The molecule has 0 saturated heterocycles. The fourth-order valence-corrected chi connectivity index (χ4v) is 2.71. The molecule has 0 saturated carbocycles. The van der Waals surface area contributed by atoms with Crippen molar-refractivity contribution < 1.29 is 22.7 Å². The lowest BCUT2D eigenvalue weighted by atomic mass is 10.1. The summed E-state index contributed by atoms with van der Waals surface area (Å²) in [6.07, 6.45) is 1.76. The third kappa shape index (κ3) is 4.50. The lowest BCUT2D eigenvalue weighted by Crippen LogP contribution is -2.25. The third-order valence-electron chi connectivity index (χ3n) is 2.81. The Hall–Kier alpha value is -1.47. The van der Waals surface area contributed by atoms with Gasteiger partial charge in [-0.2, -0.15) is 0 Å². The van der Waals surface area contributed by atoms with Gasteiger partial charge in [-0.05, 0) is 12.5 Å². The Morgan fingerprint density at radius 3 is 2.33 bits per heavy atom. The topological polar surface area (TPSA) is 81.7 Å². The Kier molecular flexibility index (Phi) is 6.29. The van der Waals surface area contributed by atoms with Gasteiger partial charge in [0.1, 0.15) is 16.4 Å². The minimum Gasteiger partial charge on any atom is -0.496 e. The summed E-state index contributed by atoms with van der Waals surface area (Å²) in [6, 6.07) is 2.48. The minimum absolute atomic E-state index is 0.0203. The Morgan fingerprint density at radius 2 is 1.86 bits per heavy atom. The van der Waals surface area contributed by atoms with E-state index in [4.69, 9.17) is 20.2 Å². The monoisotopic (exact) mass is 335 g/mol. The number of hydrogen-bond donors (Lipinski definition) is 1. The molecule has 0 aliphatic heterocycles. The van der Waals surface area contributed by atoms with Crippen molar-refractivity contribution in [2.45, 2.75) is 24.7 Å². The number of rotatable bonds is 7.